The molecule has 0 aliphatic carbocycles. The SMILES string of the molecule is CC(N)c1nnnn1-c1ccc(F)cc1F. The summed E-state index contributed by atoms with van der Waals surface area (Å²) in [5.74, 6) is -1.09. The molecule has 0 saturated heterocycles. The molecule has 0 spiro atoms. The molecule has 1 unspecified atom stereocenters. The van der Waals surface area contributed by atoms with Crippen molar-refractivity contribution in [1.29, 1.82) is 0 Å². The van der Waals surface area contributed by atoms with Gasteiger partial charge in [0, 0.05) is 6.07 Å². The van der Waals surface area contributed by atoms with E-state index in [1.807, 2.05) is 0 Å². The van der Waals surface area contributed by atoms with E-state index in [1.165, 1.54) is 6.07 Å². The van der Waals surface area contributed by atoms with E-state index < -0.39 is 17.7 Å². The normalized spacial score (nSPS) is 12.8. The average molecular weight is 225 g/mol. The van der Waals surface area contributed by atoms with Gasteiger partial charge in [-0.2, -0.15) is 4.68 Å². The molecular weight excluding hydrogens is 216 g/mol. The Labute approximate surface area is 89.9 Å². The van der Waals surface area contributed by atoms with Crippen LogP contribution >= 0.6 is 0 Å². The number of rotatable bonds is 2. The molecule has 0 aliphatic rings. The van der Waals surface area contributed by atoms with Crippen LogP contribution in [0.4, 0.5) is 8.78 Å². The predicted molar refractivity (Wildman–Crippen MR) is 51.7 cm³/mol. The molecule has 84 valence electrons. The summed E-state index contributed by atoms with van der Waals surface area (Å²) in [6.45, 7) is 1.67. The first-order valence-electron chi connectivity index (χ1n) is 4.59. The van der Waals surface area contributed by atoms with Crippen molar-refractivity contribution in [2.45, 2.75) is 13.0 Å². The molecule has 1 aromatic carbocycles. The van der Waals surface area contributed by atoms with Crippen molar-refractivity contribution < 1.29 is 8.78 Å². The molecule has 7 heteroatoms. The molecule has 0 amide bonds. The van der Waals surface area contributed by atoms with E-state index in [9.17, 15) is 8.78 Å². The number of halogens is 2. The summed E-state index contributed by atoms with van der Waals surface area (Å²) in [6, 6.07) is 2.71. The first-order chi connectivity index (χ1) is 7.59. The summed E-state index contributed by atoms with van der Waals surface area (Å²) >= 11 is 0. The van der Waals surface area contributed by atoms with Crippen molar-refractivity contribution in [3.63, 3.8) is 0 Å². The van der Waals surface area contributed by atoms with Gasteiger partial charge in [0.1, 0.15) is 11.5 Å². The fraction of sp³-hybridized carbons (Fsp3) is 0.222. The first-order valence-corrected chi connectivity index (χ1v) is 4.59. The van der Waals surface area contributed by atoms with Crippen molar-refractivity contribution in [2.24, 2.45) is 5.73 Å². The van der Waals surface area contributed by atoms with Gasteiger partial charge in [-0.15, -0.1) is 5.10 Å². The van der Waals surface area contributed by atoms with Gasteiger partial charge in [-0.25, -0.2) is 8.78 Å². The Morgan fingerprint density at radius 2 is 2.12 bits per heavy atom. The third kappa shape index (κ3) is 1.76. The molecule has 1 aromatic heterocycles. The smallest absolute Gasteiger partial charge is 0.173 e. The predicted octanol–water partition coefficient (Wildman–Crippen LogP) is 0.960. The summed E-state index contributed by atoms with van der Waals surface area (Å²) in [5.41, 5.74) is 5.68. The molecule has 0 aliphatic heterocycles. The zero-order valence-corrected chi connectivity index (χ0v) is 8.43. The lowest BCUT2D eigenvalue weighted by atomic mass is 10.2. The standard InChI is InChI=1S/C9H9F2N5/c1-5(12)9-13-14-15-16(9)8-3-2-6(10)4-7(8)11/h2-5H,12H2,1H3. The Morgan fingerprint density at radius 1 is 1.38 bits per heavy atom. The molecule has 2 aromatic rings. The summed E-state index contributed by atoms with van der Waals surface area (Å²) in [6.07, 6.45) is 0. The third-order valence-electron chi connectivity index (χ3n) is 2.04. The van der Waals surface area contributed by atoms with Crippen molar-refractivity contribution in [1.82, 2.24) is 20.2 Å². The molecule has 2 N–H and O–H groups in total. The number of nitrogens with zero attached hydrogens (tertiary/aromatic N) is 4. The molecule has 0 radical (unpaired) electrons. The van der Waals surface area contributed by atoms with E-state index >= 15 is 0 Å². The van der Waals surface area contributed by atoms with Crippen molar-refractivity contribution >= 4 is 0 Å². The van der Waals surface area contributed by atoms with Crippen LogP contribution in [0.25, 0.3) is 5.69 Å². The average Bonchev–Trinajstić information content (AvgIpc) is 2.66. The van der Waals surface area contributed by atoms with E-state index in [4.69, 9.17) is 5.73 Å². The fourth-order valence-corrected chi connectivity index (χ4v) is 1.30. The lowest BCUT2D eigenvalue weighted by molar-refractivity contribution is 0.566. The maximum atomic E-state index is 13.5. The Bertz CT molecular complexity index is 508. The number of nitrogens with two attached hydrogens (primary N) is 1. The van der Waals surface area contributed by atoms with E-state index in [2.05, 4.69) is 15.5 Å². The van der Waals surface area contributed by atoms with Gasteiger partial charge in [-0.3, -0.25) is 0 Å². The Balaban J connectivity index is 2.54. The van der Waals surface area contributed by atoms with E-state index in [0.29, 0.717) is 5.82 Å². The molecule has 5 nitrogen and oxygen atoms in total. The number of tetrazole rings is 1. The number of benzene rings is 1. The van der Waals surface area contributed by atoms with Gasteiger partial charge in [0.25, 0.3) is 0 Å². The monoisotopic (exact) mass is 225 g/mol. The first kappa shape index (κ1) is 10.6. The lowest BCUT2D eigenvalue weighted by Crippen LogP contribution is -2.14. The minimum Gasteiger partial charge on any atom is -0.321 e. The minimum atomic E-state index is -0.741. The summed E-state index contributed by atoms with van der Waals surface area (Å²) in [4.78, 5) is 0. The van der Waals surface area contributed by atoms with Gasteiger partial charge in [0.15, 0.2) is 11.6 Å². The fourth-order valence-electron chi connectivity index (χ4n) is 1.30. The second kappa shape index (κ2) is 3.93. The molecule has 0 saturated carbocycles. The lowest BCUT2D eigenvalue weighted by Gasteiger charge is -2.07. The van der Waals surface area contributed by atoms with Crippen LogP contribution < -0.4 is 5.73 Å². The van der Waals surface area contributed by atoms with Crippen molar-refractivity contribution in [3.8, 4) is 5.69 Å². The van der Waals surface area contributed by atoms with Crippen LogP contribution in [-0.2, 0) is 0 Å². The highest BCUT2D eigenvalue weighted by Gasteiger charge is 2.15. The third-order valence-corrected chi connectivity index (χ3v) is 2.04. The van der Waals surface area contributed by atoms with Crippen LogP contribution in [0.3, 0.4) is 0 Å². The van der Waals surface area contributed by atoms with Crippen molar-refractivity contribution in [3.05, 3.63) is 35.7 Å². The maximum Gasteiger partial charge on any atom is 0.173 e. The molecule has 0 bridgehead atoms. The van der Waals surface area contributed by atoms with E-state index in [-0.39, 0.29) is 5.69 Å². The maximum absolute atomic E-state index is 13.5. The molecule has 1 heterocycles. The highest BCUT2D eigenvalue weighted by molar-refractivity contribution is 5.33. The second-order valence-corrected chi connectivity index (χ2v) is 3.33. The highest BCUT2D eigenvalue weighted by Crippen LogP contribution is 2.16. The van der Waals surface area contributed by atoms with Crippen LogP contribution in [-0.4, -0.2) is 20.2 Å². The molecule has 1 atom stereocenters. The topological polar surface area (TPSA) is 69.6 Å². The Morgan fingerprint density at radius 3 is 2.75 bits per heavy atom. The quantitative estimate of drug-likeness (QED) is 0.826. The van der Waals surface area contributed by atoms with Gasteiger partial charge in [0.05, 0.1) is 6.04 Å². The molecule has 16 heavy (non-hydrogen) atoms. The summed E-state index contributed by atoms with van der Waals surface area (Å²) in [7, 11) is 0. The molecule has 0 fully saturated rings. The van der Waals surface area contributed by atoms with Gasteiger partial charge in [-0.05, 0) is 29.5 Å². The summed E-state index contributed by atoms with van der Waals surface area (Å²) < 4.78 is 27.3. The number of aromatic nitrogens is 4. The molecule has 2 rings (SSSR count). The molecular formula is C9H9F2N5. The van der Waals surface area contributed by atoms with Gasteiger partial charge < -0.3 is 5.73 Å². The van der Waals surface area contributed by atoms with Gasteiger partial charge in [0.2, 0.25) is 0 Å². The number of hydrogen-bond donors (Lipinski definition) is 1. The second-order valence-electron chi connectivity index (χ2n) is 3.33. The van der Waals surface area contributed by atoms with Crippen molar-refractivity contribution in [2.75, 3.05) is 0 Å². The van der Waals surface area contributed by atoms with Crippen LogP contribution in [0.15, 0.2) is 18.2 Å². The van der Waals surface area contributed by atoms with Crippen LogP contribution in [0.2, 0.25) is 0 Å². The number of hydrogen-bond acceptors (Lipinski definition) is 4. The Kier molecular flexibility index (Phi) is 2.61. The van der Waals surface area contributed by atoms with Crippen LogP contribution in [0, 0.1) is 11.6 Å². The van der Waals surface area contributed by atoms with Crippen LogP contribution in [0.5, 0.6) is 0 Å². The van der Waals surface area contributed by atoms with E-state index in [1.54, 1.807) is 6.92 Å². The van der Waals surface area contributed by atoms with Gasteiger partial charge >= 0.3 is 0 Å². The van der Waals surface area contributed by atoms with Gasteiger partial charge in [-0.1, -0.05) is 0 Å². The zero-order chi connectivity index (χ0) is 11.7. The summed E-state index contributed by atoms with van der Waals surface area (Å²) in [5, 5.41) is 10.7. The van der Waals surface area contributed by atoms with E-state index in [0.717, 1.165) is 16.8 Å². The van der Waals surface area contributed by atoms with Crippen LogP contribution in [0.1, 0.15) is 18.8 Å². The minimum absolute atomic E-state index is 0.0682. The Hall–Kier alpha value is -1.89. The zero-order valence-electron chi connectivity index (χ0n) is 8.43. The highest BCUT2D eigenvalue weighted by atomic mass is 19.1. The largest absolute Gasteiger partial charge is 0.321 e.